The van der Waals surface area contributed by atoms with Crippen LogP contribution in [0.4, 0.5) is 0 Å². The van der Waals surface area contributed by atoms with E-state index < -0.39 is 0 Å². The van der Waals surface area contributed by atoms with E-state index in [2.05, 4.69) is 30.6 Å². The van der Waals surface area contributed by atoms with Crippen molar-refractivity contribution < 1.29 is 0 Å². The number of nitriles is 1. The first-order valence-electron chi connectivity index (χ1n) is 4.23. The molecule has 0 fully saturated rings. The molecule has 0 bridgehead atoms. The van der Waals surface area contributed by atoms with Crippen molar-refractivity contribution in [3.8, 4) is 11.9 Å². The van der Waals surface area contributed by atoms with Crippen LogP contribution < -0.4 is 0 Å². The predicted octanol–water partition coefficient (Wildman–Crippen LogP) is -1.03. The molecule has 16 heavy (non-hydrogen) atoms. The third kappa shape index (κ3) is 1.10. The van der Waals surface area contributed by atoms with Crippen LogP contribution in [0.5, 0.6) is 0 Å². The Hall–Kier alpha value is -2.89. The SMILES string of the molecule is N#Cc1ncn(-c2cncc3nnnn23)n1. The summed E-state index contributed by atoms with van der Waals surface area (Å²) >= 11 is 0. The highest BCUT2D eigenvalue weighted by Crippen LogP contribution is 2.04. The molecule has 76 valence electrons. The summed E-state index contributed by atoms with van der Waals surface area (Å²) in [5.41, 5.74) is 0.492. The first kappa shape index (κ1) is 8.42. The van der Waals surface area contributed by atoms with Crippen molar-refractivity contribution in [1.29, 1.82) is 5.26 Å². The first-order chi connectivity index (χ1) is 7.88. The van der Waals surface area contributed by atoms with Gasteiger partial charge in [0.05, 0.1) is 12.4 Å². The lowest BCUT2D eigenvalue weighted by Crippen LogP contribution is -2.05. The Balaban J connectivity index is 2.26. The molecular formula is C7H3N9. The molecule has 3 heterocycles. The maximum atomic E-state index is 8.62. The van der Waals surface area contributed by atoms with Crippen molar-refractivity contribution >= 4 is 5.65 Å². The molecule has 9 heteroatoms. The average Bonchev–Trinajstić information content (AvgIpc) is 2.97. The van der Waals surface area contributed by atoms with Gasteiger partial charge in [0, 0.05) is 0 Å². The smallest absolute Gasteiger partial charge is 0.252 e. The van der Waals surface area contributed by atoms with Crippen molar-refractivity contribution in [2.45, 2.75) is 0 Å². The molecule has 0 saturated carbocycles. The zero-order valence-electron chi connectivity index (χ0n) is 7.76. The fourth-order valence-electron chi connectivity index (χ4n) is 1.24. The molecule has 3 aromatic rings. The Morgan fingerprint density at radius 1 is 1.31 bits per heavy atom. The Bertz CT molecular complexity index is 687. The van der Waals surface area contributed by atoms with E-state index in [0.29, 0.717) is 11.5 Å². The second-order valence-corrected chi connectivity index (χ2v) is 2.84. The largest absolute Gasteiger partial charge is 0.257 e. The fourth-order valence-corrected chi connectivity index (χ4v) is 1.24. The maximum absolute atomic E-state index is 8.62. The lowest BCUT2D eigenvalue weighted by Gasteiger charge is -1.99. The Morgan fingerprint density at radius 3 is 3.06 bits per heavy atom. The van der Waals surface area contributed by atoms with E-state index in [4.69, 9.17) is 5.26 Å². The van der Waals surface area contributed by atoms with Crippen LogP contribution in [-0.2, 0) is 0 Å². The van der Waals surface area contributed by atoms with Crippen LogP contribution in [0.15, 0.2) is 18.7 Å². The van der Waals surface area contributed by atoms with Gasteiger partial charge in [0.15, 0.2) is 11.5 Å². The van der Waals surface area contributed by atoms with Crippen LogP contribution in [0.3, 0.4) is 0 Å². The minimum atomic E-state index is 0.0741. The Labute approximate surface area is 88.0 Å². The molecule has 0 atom stereocenters. The summed E-state index contributed by atoms with van der Waals surface area (Å²) in [5, 5.41) is 23.6. The van der Waals surface area contributed by atoms with Gasteiger partial charge in [-0.2, -0.15) is 14.5 Å². The average molecular weight is 213 g/mol. The molecule has 3 rings (SSSR count). The molecule has 0 amide bonds. The molecule has 0 aliphatic rings. The normalized spacial score (nSPS) is 10.4. The summed E-state index contributed by atoms with van der Waals surface area (Å²) in [7, 11) is 0. The van der Waals surface area contributed by atoms with E-state index in [1.165, 1.54) is 27.9 Å². The van der Waals surface area contributed by atoms with Gasteiger partial charge in [0.1, 0.15) is 12.4 Å². The van der Waals surface area contributed by atoms with Crippen LogP contribution in [0.25, 0.3) is 11.5 Å². The Kier molecular flexibility index (Phi) is 1.61. The number of hydrogen-bond donors (Lipinski definition) is 0. The molecule has 9 nitrogen and oxygen atoms in total. The topological polar surface area (TPSA) is 110 Å². The standard InChI is InChI=1S/C7H3N9/c8-1-5-10-4-15(12-5)7-3-9-2-6-11-13-14-16(6)7/h2-4H. The van der Waals surface area contributed by atoms with E-state index in [0.717, 1.165) is 0 Å². The zero-order valence-corrected chi connectivity index (χ0v) is 7.76. The number of aromatic nitrogens is 8. The van der Waals surface area contributed by atoms with Gasteiger partial charge in [0.2, 0.25) is 0 Å². The summed E-state index contributed by atoms with van der Waals surface area (Å²) in [4.78, 5) is 7.74. The summed E-state index contributed by atoms with van der Waals surface area (Å²) in [6.45, 7) is 0. The molecule has 0 spiro atoms. The molecule has 3 aromatic heterocycles. The lowest BCUT2D eigenvalue weighted by molar-refractivity contribution is 0.743. The third-order valence-electron chi connectivity index (χ3n) is 1.92. The van der Waals surface area contributed by atoms with Gasteiger partial charge in [-0.1, -0.05) is 0 Å². The Morgan fingerprint density at radius 2 is 2.25 bits per heavy atom. The van der Waals surface area contributed by atoms with Gasteiger partial charge in [-0.05, 0) is 10.4 Å². The quantitative estimate of drug-likeness (QED) is 0.508. The molecule has 0 saturated heterocycles. The second kappa shape index (κ2) is 3.06. The summed E-state index contributed by atoms with van der Waals surface area (Å²) in [6.07, 6.45) is 4.45. The van der Waals surface area contributed by atoms with Gasteiger partial charge < -0.3 is 0 Å². The molecule has 0 aliphatic heterocycles. The van der Waals surface area contributed by atoms with Gasteiger partial charge in [0.25, 0.3) is 5.82 Å². The van der Waals surface area contributed by atoms with Crippen LogP contribution >= 0.6 is 0 Å². The van der Waals surface area contributed by atoms with Gasteiger partial charge in [-0.3, -0.25) is 4.98 Å². The van der Waals surface area contributed by atoms with Crippen LogP contribution in [-0.4, -0.2) is 39.8 Å². The summed E-state index contributed by atoms with van der Waals surface area (Å²) in [6, 6.07) is 1.83. The lowest BCUT2D eigenvalue weighted by atomic mass is 10.6. The van der Waals surface area contributed by atoms with E-state index >= 15 is 0 Å². The summed E-state index contributed by atoms with van der Waals surface area (Å²) < 4.78 is 2.83. The van der Waals surface area contributed by atoms with Crippen LogP contribution in [0.2, 0.25) is 0 Å². The predicted molar refractivity (Wildman–Crippen MR) is 48.2 cm³/mol. The van der Waals surface area contributed by atoms with Crippen LogP contribution in [0.1, 0.15) is 5.82 Å². The molecule has 0 aromatic carbocycles. The molecule has 0 unspecified atom stereocenters. The highest BCUT2D eigenvalue weighted by Gasteiger charge is 2.08. The second-order valence-electron chi connectivity index (χ2n) is 2.84. The van der Waals surface area contributed by atoms with E-state index in [1.54, 1.807) is 0 Å². The van der Waals surface area contributed by atoms with Crippen molar-refractivity contribution in [2.24, 2.45) is 0 Å². The molecule has 0 radical (unpaired) electrons. The van der Waals surface area contributed by atoms with Crippen molar-refractivity contribution in [3.63, 3.8) is 0 Å². The monoisotopic (exact) mass is 213 g/mol. The number of nitrogens with zero attached hydrogens (tertiary/aromatic N) is 9. The van der Waals surface area contributed by atoms with Crippen molar-refractivity contribution in [3.05, 3.63) is 24.5 Å². The first-order valence-corrected chi connectivity index (χ1v) is 4.23. The zero-order chi connectivity index (χ0) is 11.0. The number of hydrogen-bond acceptors (Lipinski definition) is 7. The highest BCUT2D eigenvalue weighted by molar-refractivity contribution is 5.37. The van der Waals surface area contributed by atoms with Crippen LogP contribution in [0, 0.1) is 11.3 Å². The molecule has 0 N–H and O–H groups in total. The minimum absolute atomic E-state index is 0.0741. The van der Waals surface area contributed by atoms with Gasteiger partial charge >= 0.3 is 0 Å². The third-order valence-corrected chi connectivity index (χ3v) is 1.92. The van der Waals surface area contributed by atoms with Crippen molar-refractivity contribution in [1.82, 2.24) is 39.8 Å². The number of tetrazole rings is 1. The van der Waals surface area contributed by atoms with Gasteiger partial charge in [-0.25, -0.2) is 4.98 Å². The minimum Gasteiger partial charge on any atom is -0.257 e. The van der Waals surface area contributed by atoms with E-state index in [9.17, 15) is 0 Å². The fraction of sp³-hybridized carbons (Fsp3) is 0. The van der Waals surface area contributed by atoms with E-state index in [-0.39, 0.29) is 5.82 Å². The van der Waals surface area contributed by atoms with Gasteiger partial charge in [-0.15, -0.1) is 10.2 Å². The number of fused-ring (bicyclic) bond motifs is 1. The van der Waals surface area contributed by atoms with Crippen molar-refractivity contribution in [2.75, 3.05) is 0 Å². The molecule has 0 aliphatic carbocycles. The van der Waals surface area contributed by atoms with E-state index in [1.807, 2.05) is 6.07 Å². The number of rotatable bonds is 1. The maximum Gasteiger partial charge on any atom is 0.252 e. The molecular weight excluding hydrogens is 210 g/mol. The summed E-state index contributed by atoms with van der Waals surface area (Å²) in [5.74, 6) is 0.585. The highest BCUT2D eigenvalue weighted by atomic mass is 15.5.